The molecule has 0 aliphatic heterocycles. The number of carbonyl (C=O) groups is 1. The van der Waals surface area contributed by atoms with E-state index in [9.17, 15) is 13.2 Å². The van der Waals surface area contributed by atoms with Crippen LogP contribution in [0.25, 0.3) is 0 Å². The van der Waals surface area contributed by atoms with Crippen molar-refractivity contribution in [3.63, 3.8) is 0 Å². The van der Waals surface area contributed by atoms with E-state index in [0.717, 1.165) is 12.8 Å². The summed E-state index contributed by atoms with van der Waals surface area (Å²) < 4.78 is 48.7. The Morgan fingerprint density at radius 1 is 0.900 bits per heavy atom. The fourth-order valence-corrected chi connectivity index (χ4v) is 4.18. The lowest BCUT2D eigenvalue weighted by molar-refractivity contribution is 0.102. The summed E-state index contributed by atoms with van der Waals surface area (Å²) in [4.78, 5) is 12.9. The minimum absolute atomic E-state index is 0.0330. The first-order valence-corrected chi connectivity index (χ1v) is 10.6. The number of carbonyl (C=O) groups excluding carboxylic acids is 1. The summed E-state index contributed by atoms with van der Waals surface area (Å²) in [6.07, 6.45) is 1.64. The van der Waals surface area contributed by atoms with E-state index >= 15 is 0 Å². The smallest absolute Gasteiger partial charge is 0.256 e. The van der Waals surface area contributed by atoms with Gasteiger partial charge in [0.15, 0.2) is 11.5 Å². The van der Waals surface area contributed by atoms with Crippen LogP contribution in [0.4, 0.5) is 5.69 Å². The molecule has 0 heterocycles. The highest BCUT2D eigenvalue weighted by Gasteiger charge is 2.28. The largest absolute Gasteiger partial charge is 0.495 e. The second-order valence-corrected chi connectivity index (χ2v) is 8.34. The first-order valence-electron chi connectivity index (χ1n) is 9.14. The number of hydrogen-bond acceptors (Lipinski definition) is 7. The number of sulfonamides is 1. The van der Waals surface area contributed by atoms with Crippen LogP contribution < -0.4 is 29.0 Å². The van der Waals surface area contributed by atoms with E-state index in [1.165, 1.54) is 58.8 Å². The second kappa shape index (κ2) is 8.80. The molecule has 0 aromatic heterocycles. The fraction of sp³-hybridized carbons (Fsp3) is 0.350. The van der Waals surface area contributed by atoms with E-state index in [1.54, 1.807) is 0 Å². The number of ether oxygens (including phenoxy) is 4. The van der Waals surface area contributed by atoms with E-state index in [-0.39, 0.29) is 22.2 Å². The van der Waals surface area contributed by atoms with Crippen molar-refractivity contribution in [3.8, 4) is 23.0 Å². The molecule has 0 radical (unpaired) electrons. The van der Waals surface area contributed by atoms with E-state index in [1.807, 2.05) is 0 Å². The van der Waals surface area contributed by atoms with Crippen LogP contribution in [0.2, 0.25) is 0 Å². The van der Waals surface area contributed by atoms with E-state index in [2.05, 4.69) is 10.0 Å². The molecule has 0 saturated heterocycles. The quantitative estimate of drug-likeness (QED) is 0.621. The maximum Gasteiger partial charge on any atom is 0.256 e. The van der Waals surface area contributed by atoms with E-state index < -0.39 is 15.9 Å². The summed E-state index contributed by atoms with van der Waals surface area (Å²) in [5, 5.41) is 2.69. The van der Waals surface area contributed by atoms with Gasteiger partial charge < -0.3 is 24.3 Å². The molecule has 0 bridgehead atoms. The van der Waals surface area contributed by atoms with Crippen LogP contribution in [0.1, 0.15) is 23.2 Å². The summed E-state index contributed by atoms with van der Waals surface area (Å²) in [7, 11) is 2.10. The van der Waals surface area contributed by atoms with Gasteiger partial charge in [0.1, 0.15) is 5.75 Å². The van der Waals surface area contributed by atoms with Gasteiger partial charge in [0, 0.05) is 11.6 Å². The fourth-order valence-electron chi connectivity index (χ4n) is 2.85. The molecule has 162 valence electrons. The van der Waals surface area contributed by atoms with Gasteiger partial charge >= 0.3 is 0 Å². The molecule has 2 aromatic rings. The van der Waals surface area contributed by atoms with Gasteiger partial charge in [-0.25, -0.2) is 13.1 Å². The summed E-state index contributed by atoms with van der Waals surface area (Å²) in [5.74, 6) is 0.810. The van der Waals surface area contributed by atoms with Gasteiger partial charge in [-0.05, 0) is 43.2 Å². The zero-order valence-electron chi connectivity index (χ0n) is 17.1. The molecular weight excluding hydrogens is 412 g/mol. The van der Waals surface area contributed by atoms with Gasteiger partial charge in [0.2, 0.25) is 15.8 Å². The molecule has 0 atom stereocenters. The molecule has 0 unspecified atom stereocenters. The molecule has 1 aliphatic rings. The lowest BCUT2D eigenvalue weighted by Crippen LogP contribution is -2.26. The molecule has 0 spiro atoms. The van der Waals surface area contributed by atoms with Crippen molar-refractivity contribution in [2.45, 2.75) is 23.8 Å². The van der Waals surface area contributed by atoms with Crippen molar-refractivity contribution in [2.75, 3.05) is 33.8 Å². The molecule has 1 amide bonds. The standard InChI is InChI=1S/C20H24N2O7S/c1-26-16-8-7-14(30(24,25)22-13-5-6-13)11-15(16)21-20(23)12-9-17(27-2)19(29-4)18(10-12)28-3/h7-11,13,22H,5-6H2,1-4H3,(H,21,23). The number of anilines is 1. The Kier molecular flexibility index (Phi) is 6.37. The van der Waals surface area contributed by atoms with Crippen molar-refractivity contribution in [1.29, 1.82) is 0 Å². The maximum absolute atomic E-state index is 12.9. The van der Waals surface area contributed by atoms with Crippen molar-refractivity contribution in [2.24, 2.45) is 0 Å². The molecule has 1 aliphatic carbocycles. The van der Waals surface area contributed by atoms with Crippen LogP contribution in [0.5, 0.6) is 23.0 Å². The second-order valence-electron chi connectivity index (χ2n) is 6.63. The zero-order valence-corrected chi connectivity index (χ0v) is 18.0. The number of rotatable bonds is 9. The minimum Gasteiger partial charge on any atom is -0.495 e. The third-order valence-corrected chi connectivity index (χ3v) is 6.07. The lowest BCUT2D eigenvalue weighted by Gasteiger charge is -2.15. The Hall–Kier alpha value is -2.98. The third-order valence-electron chi connectivity index (χ3n) is 4.56. The molecule has 1 saturated carbocycles. The van der Waals surface area contributed by atoms with Gasteiger partial charge in [-0.3, -0.25) is 4.79 Å². The Morgan fingerprint density at radius 2 is 1.50 bits per heavy atom. The van der Waals surface area contributed by atoms with Gasteiger partial charge in [0.05, 0.1) is 39.0 Å². The average Bonchev–Trinajstić information content (AvgIpc) is 3.55. The Balaban J connectivity index is 1.93. The van der Waals surface area contributed by atoms with Crippen molar-refractivity contribution >= 4 is 21.6 Å². The first-order chi connectivity index (χ1) is 14.3. The van der Waals surface area contributed by atoms with Gasteiger partial charge in [-0.15, -0.1) is 0 Å². The molecule has 30 heavy (non-hydrogen) atoms. The Morgan fingerprint density at radius 3 is 2.00 bits per heavy atom. The lowest BCUT2D eigenvalue weighted by atomic mass is 10.1. The number of hydrogen-bond donors (Lipinski definition) is 2. The summed E-state index contributed by atoms with van der Waals surface area (Å²) in [6.45, 7) is 0. The monoisotopic (exact) mass is 436 g/mol. The first kappa shape index (κ1) is 21.7. The topological polar surface area (TPSA) is 112 Å². The highest BCUT2D eigenvalue weighted by atomic mass is 32.2. The molecule has 10 heteroatoms. The minimum atomic E-state index is -3.69. The SMILES string of the molecule is COc1ccc(S(=O)(=O)NC2CC2)cc1NC(=O)c1cc(OC)c(OC)c(OC)c1. The van der Waals surface area contributed by atoms with Gasteiger partial charge in [0.25, 0.3) is 5.91 Å². The third kappa shape index (κ3) is 4.60. The molecule has 2 N–H and O–H groups in total. The predicted molar refractivity (Wildman–Crippen MR) is 110 cm³/mol. The number of nitrogens with one attached hydrogen (secondary N) is 2. The van der Waals surface area contributed by atoms with Crippen molar-refractivity contribution in [1.82, 2.24) is 4.72 Å². The van der Waals surface area contributed by atoms with Crippen LogP contribution in [0.3, 0.4) is 0 Å². The van der Waals surface area contributed by atoms with Crippen molar-refractivity contribution < 1.29 is 32.2 Å². The van der Waals surface area contributed by atoms with Crippen LogP contribution in [-0.4, -0.2) is 48.8 Å². The van der Waals surface area contributed by atoms with E-state index in [4.69, 9.17) is 18.9 Å². The molecule has 2 aromatic carbocycles. The van der Waals surface area contributed by atoms with Crippen LogP contribution in [-0.2, 0) is 10.0 Å². The Labute approximate surface area is 175 Å². The van der Waals surface area contributed by atoms with Crippen LogP contribution in [0, 0.1) is 0 Å². The highest BCUT2D eigenvalue weighted by molar-refractivity contribution is 7.89. The molecule has 9 nitrogen and oxygen atoms in total. The van der Waals surface area contributed by atoms with Gasteiger partial charge in [-0.1, -0.05) is 0 Å². The molecule has 3 rings (SSSR count). The van der Waals surface area contributed by atoms with E-state index in [0.29, 0.717) is 23.0 Å². The summed E-state index contributed by atoms with van der Waals surface area (Å²) in [5.41, 5.74) is 0.450. The number of benzene rings is 2. The van der Waals surface area contributed by atoms with Crippen LogP contribution >= 0.6 is 0 Å². The Bertz CT molecular complexity index is 1020. The normalized spacial score (nSPS) is 13.5. The zero-order chi connectivity index (χ0) is 21.9. The molecular formula is C20H24N2O7S. The van der Waals surface area contributed by atoms with Crippen LogP contribution in [0.15, 0.2) is 35.2 Å². The highest BCUT2D eigenvalue weighted by Crippen LogP contribution is 2.38. The summed E-state index contributed by atoms with van der Waals surface area (Å²) >= 11 is 0. The van der Waals surface area contributed by atoms with Gasteiger partial charge in [-0.2, -0.15) is 0 Å². The number of methoxy groups -OCH3 is 4. The predicted octanol–water partition coefficient (Wildman–Crippen LogP) is 2.41. The maximum atomic E-state index is 12.9. The molecule has 1 fully saturated rings. The average molecular weight is 436 g/mol. The van der Waals surface area contributed by atoms with Crippen molar-refractivity contribution in [3.05, 3.63) is 35.9 Å². The number of amides is 1. The summed E-state index contributed by atoms with van der Waals surface area (Å²) in [6, 6.07) is 7.25.